The average Bonchev–Trinajstić information content (AvgIpc) is 2.99. The quantitative estimate of drug-likeness (QED) is 0.871. The lowest BCUT2D eigenvalue weighted by Crippen LogP contribution is -2.18. The van der Waals surface area contributed by atoms with Gasteiger partial charge in [0, 0.05) is 20.2 Å². The van der Waals surface area contributed by atoms with Gasteiger partial charge in [-0.2, -0.15) is 5.10 Å². The van der Waals surface area contributed by atoms with Crippen LogP contribution in [0.15, 0.2) is 23.6 Å². The van der Waals surface area contributed by atoms with E-state index in [2.05, 4.69) is 15.7 Å². The molecule has 0 atom stereocenters. The van der Waals surface area contributed by atoms with Crippen LogP contribution in [0.4, 0.5) is 5.82 Å². The van der Waals surface area contributed by atoms with Crippen molar-refractivity contribution in [3.63, 3.8) is 0 Å². The summed E-state index contributed by atoms with van der Waals surface area (Å²) >= 11 is 1.35. The van der Waals surface area contributed by atoms with Crippen LogP contribution in [0.25, 0.3) is 0 Å². The van der Waals surface area contributed by atoms with E-state index in [9.17, 15) is 9.59 Å². The van der Waals surface area contributed by atoms with Crippen molar-refractivity contribution in [2.75, 3.05) is 12.4 Å². The van der Waals surface area contributed by atoms with Gasteiger partial charge in [-0.1, -0.05) is 6.07 Å². The summed E-state index contributed by atoms with van der Waals surface area (Å²) in [5, 5.41) is 11.0. The van der Waals surface area contributed by atoms with E-state index < -0.39 is 0 Å². The molecule has 0 radical (unpaired) electrons. The van der Waals surface area contributed by atoms with Crippen molar-refractivity contribution in [1.29, 1.82) is 0 Å². The van der Waals surface area contributed by atoms with Gasteiger partial charge in [0.2, 0.25) is 0 Å². The average molecular weight is 264 g/mol. The van der Waals surface area contributed by atoms with Crippen LogP contribution >= 0.6 is 11.3 Å². The smallest absolute Gasteiger partial charge is 0.271 e. The highest BCUT2D eigenvalue weighted by molar-refractivity contribution is 7.12. The van der Waals surface area contributed by atoms with Gasteiger partial charge < -0.3 is 10.6 Å². The molecule has 2 rings (SSSR count). The Bertz CT molecular complexity index is 574. The van der Waals surface area contributed by atoms with Gasteiger partial charge in [-0.15, -0.1) is 11.3 Å². The lowest BCUT2D eigenvalue weighted by atomic mass is 10.4. The Morgan fingerprint density at radius 3 is 2.78 bits per heavy atom. The van der Waals surface area contributed by atoms with Crippen LogP contribution in [-0.2, 0) is 7.05 Å². The van der Waals surface area contributed by atoms with E-state index in [-0.39, 0.29) is 17.5 Å². The zero-order chi connectivity index (χ0) is 13.1. The molecule has 0 aliphatic carbocycles. The molecule has 2 amide bonds. The Balaban J connectivity index is 2.17. The molecular formula is C11H12N4O2S. The topological polar surface area (TPSA) is 76.0 Å². The van der Waals surface area contributed by atoms with Crippen LogP contribution in [0.3, 0.4) is 0 Å². The van der Waals surface area contributed by atoms with E-state index in [1.54, 1.807) is 19.2 Å². The fourth-order valence-electron chi connectivity index (χ4n) is 1.41. The molecule has 0 aliphatic heterocycles. The molecule has 0 unspecified atom stereocenters. The first-order valence-electron chi connectivity index (χ1n) is 5.23. The summed E-state index contributed by atoms with van der Waals surface area (Å²) in [7, 11) is 3.19. The zero-order valence-corrected chi connectivity index (χ0v) is 10.7. The number of carbonyl (C=O) groups excluding carboxylic acids is 2. The van der Waals surface area contributed by atoms with Crippen molar-refractivity contribution >= 4 is 29.0 Å². The highest BCUT2D eigenvalue weighted by Gasteiger charge is 2.14. The number of carbonyl (C=O) groups is 2. The van der Waals surface area contributed by atoms with Crippen LogP contribution in [0.5, 0.6) is 0 Å². The van der Waals surface area contributed by atoms with Gasteiger partial charge in [-0.05, 0) is 11.4 Å². The van der Waals surface area contributed by atoms with Crippen molar-refractivity contribution < 1.29 is 9.59 Å². The second-order valence-corrected chi connectivity index (χ2v) is 4.50. The molecule has 0 fully saturated rings. The van der Waals surface area contributed by atoms with Crippen LogP contribution < -0.4 is 10.6 Å². The molecule has 0 aliphatic rings. The molecule has 6 nitrogen and oxygen atoms in total. The predicted octanol–water partition coefficient (Wildman–Crippen LogP) is 1.09. The van der Waals surface area contributed by atoms with Crippen molar-refractivity contribution in [3.05, 3.63) is 34.2 Å². The predicted molar refractivity (Wildman–Crippen MR) is 68.9 cm³/mol. The SMILES string of the molecule is CNC(=O)c1cc(NC(=O)c2cccs2)n(C)n1. The Morgan fingerprint density at radius 1 is 1.39 bits per heavy atom. The number of nitrogens with one attached hydrogen (secondary N) is 2. The molecule has 0 saturated carbocycles. The highest BCUT2D eigenvalue weighted by atomic mass is 32.1. The maximum Gasteiger partial charge on any atom is 0.271 e. The van der Waals surface area contributed by atoms with Crippen molar-refractivity contribution in [3.8, 4) is 0 Å². The molecule has 0 saturated heterocycles. The Morgan fingerprint density at radius 2 is 2.17 bits per heavy atom. The molecule has 2 aromatic rings. The molecule has 2 heterocycles. The molecular weight excluding hydrogens is 252 g/mol. The third-order valence-corrected chi connectivity index (χ3v) is 3.19. The van der Waals surface area contributed by atoms with Gasteiger partial charge in [-0.3, -0.25) is 14.3 Å². The van der Waals surface area contributed by atoms with Gasteiger partial charge >= 0.3 is 0 Å². The molecule has 0 spiro atoms. The minimum Gasteiger partial charge on any atom is -0.354 e. The largest absolute Gasteiger partial charge is 0.354 e. The summed E-state index contributed by atoms with van der Waals surface area (Å²) in [4.78, 5) is 23.8. The normalized spacial score (nSPS) is 10.1. The number of aryl methyl sites for hydroxylation is 1. The number of anilines is 1. The molecule has 0 aromatic carbocycles. The lowest BCUT2D eigenvalue weighted by Gasteiger charge is -2.02. The maximum atomic E-state index is 11.8. The van der Waals surface area contributed by atoms with Gasteiger partial charge in [0.25, 0.3) is 11.8 Å². The third-order valence-electron chi connectivity index (χ3n) is 2.33. The van der Waals surface area contributed by atoms with Crippen LogP contribution in [0, 0.1) is 0 Å². The molecule has 7 heteroatoms. The summed E-state index contributed by atoms with van der Waals surface area (Å²) in [6.07, 6.45) is 0. The summed E-state index contributed by atoms with van der Waals surface area (Å²) < 4.78 is 1.45. The lowest BCUT2D eigenvalue weighted by molar-refractivity contribution is 0.0956. The van der Waals surface area contributed by atoms with Crippen LogP contribution in [0.1, 0.15) is 20.2 Å². The Labute approximate surface area is 108 Å². The maximum absolute atomic E-state index is 11.8. The van der Waals surface area contributed by atoms with Gasteiger partial charge in [0.15, 0.2) is 5.69 Å². The van der Waals surface area contributed by atoms with Gasteiger partial charge in [0.1, 0.15) is 5.82 Å². The summed E-state index contributed by atoms with van der Waals surface area (Å²) in [5.74, 6) is -0.0225. The summed E-state index contributed by atoms with van der Waals surface area (Å²) in [5.41, 5.74) is 0.265. The number of rotatable bonds is 3. The minimum absolute atomic E-state index is 0.212. The molecule has 2 N–H and O–H groups in total. The van der Waals surface area contributed by atoms with Crippen molar-refractivity contribution in [2.24, 2.45) is 7.05 Å². The van der Waals surface area contributed by atoms with E-state index >= 15 is 0 Å². The Hall–Kier alpha value is -2.15. The third kappa shape index (κ3) is 2.40. The number of thiophene rings is 1. The van der Waals surface area contributed by atoms with Crippen molar-refractivity contribution in [1.82, 2.24) is 15.1 Å². The van der Waals surface area contributed by atoms with E-state index in [0.717, 1.165) is 0 Å². The van der Waals surface area contributed by atoms with Crippen LogP contribution in [0.2, 0.25) is 0 Å². The summed E-state index contributed by atoms with van der Waals surface area (Å²) in [6.45, 7) is 0. The number of hydrogen-bond donors (Lipinski definition) is 2. The summed E-state index contributed by atoms with van der Waals surface area (Å²) in [6, 6.07) is 5.07. The Kier molecular flexibility index (Phi) is 3.42. The zero-order valence-electron chi connectivity index (χ0n) is 9.93. The standard InChI is InChI=1S/C11H12N4O2S/c1-12-10(16)7-6-9(15(2)14-7)13-11(17)8-4-3-5-18-8/h3-6H,1-2H3,(H,12,16)(H,13,17). The molecule has 0 bridgehead atoms. The number of hydrogen-bond acceptors (Lipinski definition) is 4. The van der Waals surface area contributed by atoms with E-state index in [0.29, 0.717) is 10.7 Å². The first-order valence-corrected chi connectivity index (χ1v) is 6.10. The first-order chi connectivity index (χ1) is 8.61. The number of aromatic nitrogens is 2. The second kappa shape index (κ2) is 5.01. The number of nitrogens with zero attached hydrogens (tertiary/aromatic N) is 2. The molecule has 94 valence electrons. The molecule has 2 aromatic heterocycles. The van der Waals surface area contributed by atoms with Crippen LogP contribution in [-0.4, -0.2) is 28.6 Å². The van der Waals surface area contributed by atoms with E-state index in [1.165, 1.54) is 29.1 Å². The van der Waals surface area contributed by atoms with Crippen molar-refractivity contribution in [2.45, 2.75) is 0 Å². The highest BCUT2D eigenvalue weighted by Crippen LogP contribution is 2.14. The van der Waals surface area contributed by atoms with E-state index in [4.69, 9.17) is 0 Å². The van der Waals surface area contributed by atoms with Gasteiger partial charge in [0.05, 0.1) is 4.88 Å². The minimum atomic E-state index is -0.290. The molecule has 18 heavy (non-hydrogen) atoms. The fourth-order valence-corrected chi connectivity index (χ4v) is 2.03. The fraction of sp³-hybridized carbons (Fsp3) is 0.182. The second-order valence-electron chi connectivity index (χ2n) is 3.55. The van der Waals surface area contributed by atoms with E-state index in [1.807, 2.05) is 5.38 Å². The number of amides is 2. The van der Waals surface area contributed by atoms with Gasteiger partial charge in [-0.25, -0.2) is 0 Å². The monoisotopic (exact) mass is 264 g/mol. The first kappa shape index (κ1) is 12.3.